The number of hydrogen-bond donors (Lipinski definition) is 1. The Kier molecular flexibility index (Phi) is 3.47. The van der Waals surface area contributed by atoms with Crippen molar-refractivity contribution in [2.24, 2.45) is 0 Å². The zero-order valence-corrected chi connectivity index (χ0v) is 10.4. The lowest BCUT2D eigenvalue weighted by Crippen LogP contribution is -2.29. The minimum Gasteiger partial charge on any atom is -0.375 e. The Balaban J connectivity index is 2.29. The highest BCUT2D eigenvalue weighted by atomic mass is 16.1. The van der Waals surface area contributed by atoms with E-state index in [1.54, 1.807) is 0 Å². The fraction of sp³-hybridized carbons (Fsp3) is 0.357. The van der Waals surface area contributed by atoms with Gasteiger partial charge in [-0.3, -0.25) is 4.79 Å². The van der Waals surface area contributed by atoms with Crippen LogP contribution in [0.4, 0.5) is 0 Å². The quantitative estimate of drug-likeness (QED) is 0.861. The van der Waals surface area contributed by atoms with Crippen molar-refractivity contribution in [1.29, 1.82) is 0 Å². The number of nitrogens with zero attached hydrogens (tertiary/aromatic N) is 1. The van der Waals surface area contributed by atoms with Gasteiger partial charge in [-0.05, 0) is 17.5 Å². The molecule has 1 aromatic carbocycles. The van der Waals surface area contributed by atoms with Crippen LogP contribution in [0.25, 0.3) is 5.57 Å². The molecule has 1 amide bonds. The highest BCUT2D eigenvalue weighted by Gasteiger charge is 2.19. The number of fused-ring (bicyclic) bond motifs is 1. The lowest BCUT2D eigenvalue weighted by atomic mass is 9.96. The van der Waals surface area contributed by atoms with Crippen molar-refractivity contribution in [3.63, 3.8) is 0 Å². The normalized spacial score (nSPS) is 14.0. The third-order valence-electron chi connectivity index (χ3n) is 2.86. The maximum atomic E-state index is 12.1. The number of rotatable bonds is 3. The molecule has 3 heteroatoms. The molecular formula is C14H18N2O. The van der Waals surface area contributed by atoms with Crippen molar-refractivity contribution in [2.45, 2.75) is 19.9 Å². The molecule has 0 atom stereocenters. The summed E-state index contributed by atoms with van der Waals surface area (Å²) in [5.74, 6) is 0.0193. The fourth-order valence-electron chi connectivity index (χ4n) is 2.04. The van der Waals surface area contributed by atoms with Gasteiger partial charge in [-0.25, -0.2) is 0 Å². The van der Waals surface area contributed by atoms with Crippen molar-refractivity contribution < 1.29 is 4.79 Å². The van der Waals surface area contributed by atoms with Crippen LogP contribution in [0.5, 0.6) is 0 Å². The number of carbonyl (C=O) groups is 1. The number of nitrogens with one attached hydrogen (secondary N) is 1. The van der Waals surface area contributed by atoms with E-state index in [-0.39, 0.29) is 5.91 Å². The van der Waals surface area contributed by atoms with E-state index in [1.165, 1.54) is 5.56 Å². The van der Waals surface area contributed by atoms with E-state index >= 15 is 0 Å². The first-order valence-corrected chi connectivity index (χ1v) is 6.01. The SMILES string of the molecule is CCCNC(=O)C1=CN(C)Cc2ccccc21. The van der Waals surface area contributed by atoms with Crippen molar-refractivity contribution in [3.05, 3.63) is 41.6 Å². The van der Waals surface area contributed by atoms with Crippen LogP contribution in [0.3, 0.4) is 0 Å². The summed E-state index contributed by atoms with van der Waals surface area (Å²) in [6.07, 6.45) is 2.88. The van der Waals surface area contributed by atoms with Crippen LogP contribution in [-0.4, -0.2) is 24.4 Å². The second-order valence-electron chi connectivity index (χ2n) is 4.37. The van der Waals surface area contributed by atoms with E-state index in [4.69, 9.17) is 0 Å². The lowest BCUT2D eigenvalue weighted by molar-refractivity contribution is -0.115. The highest BCUT2D eigenvalue weighted by Crippen LogP contribution is 2.25. The minimum absolute atomic E-state index is 0.0193. The first-order chi connectivity index (χ1) is 8.22. The summed E-state index contributed by atoms with van der Waals surface area (Å²) in [7, 11) is 1.99. The molecule has 0 saturated carbocycles. The van der Waals surface area contributed by atoms with E-state index < -0.39 is 0 Å². The molecule has 17 heavy (non-hydrogen) atoms. The van der Waals surface area contributed by atoms with Crippen LogP contribution in [0.15, 0.2) is 30.5 Å². The van der Waals surface area contributed by atoms with Gasteiger partial charge in [0.2, 0.25) is 0 Å². The minimum atomic E-state index is 0.0193. The number of amides is 1. The Bertz CT molecular complexity index is 451. The molecule has 1 aliphatic rings. The van der Waals surface area contributed by atoms with Gasteiger partial charge >= 0.3 is 0 Å². The van der Waals surface area contributed by atoms with Gasteiger partial charge in [-0.15, -0.1) is 0 Å². The van der Waals surface area contributed by atoms with E-state index in [9.17, 15) is 4.79 Å². The van der Waals surface area contributed by atoms with Gasteiger partial charge in [-0.2, -0.15) is 0 Å². The molecule has 1 N–H and O–H groups in total. The third kappa shape index (κ3) is 2.49. The van der Waals surface area contributed by atoms with Gasteiger partial charge in [-0.1, -0.05) is 31.2 Å². The fourth-order valence-corrected chi connectivity index (χ4v) is 2.04. The largest absolute Gasteiger partial charge is 0.375 e. The van der Waals surface area contributed by atoms with Crippen LogP contribution in [-0.2, 0) is 11.3 Å². The smallest absolute Gasteiger partial charge is 0.253 e. The first-order valence-electron chi connectivity index (χ1n) is 6.01. The summed E-state index contributed by atoms with van der Waals surface area (Å²) in [4.78, 5) is 14.1. The molecule has 0 bridgehead atoms. The van der Waals surface area contributed by atoms with E-state index in [1.807, 2.05) is 36.3 Å². The molecule has 0 fully saturated rings. The Morgan fingerprint density at radius 1 is 1.41 bits per heavy atom. The van der Waals surface area contributed by atoms with Gasteiger partial charge in [0.25, 0.3) is 5.91 Å². The molecule has 1 aromatic rings. The van der Waals surface area contributed by atoms with Crippen LogP contribution in [0.2, 0.25) is 0 Å². The van der Waals surface area contributed by atoms with Crippen molar-refractivity contribution >= 4 is 11.5 Å². The van der Waals surface area contributed by atoms with Crippen LogP contribution >= 0.6 is 0 Å². The zero-order chi connectivity index (χ0) is 12.3. The maximum absolute atomic E-state index is 12.1. The molecule has 0 unspecified atom stereocenters. The molecule has 0 radical (unpaired) electrons. The Morgan fingerprint density at radius 2 is 2.18 bits per heavy atom. The van der Waals surface area contributed by atoms with Crippen LogP contribution in [0.1, 0.15) is 24.5 Å². The molecule has 0 aromatic heterocycles. The average Bonchev–Trinajstić information content (AvgIpc) is 2.34. The van der Waals surface area contributed by atoms with Gasteiger partial charge < -0.3 is 10.2 Å². The molecule has 90 valence electrons. The Labute approximate surface area is 102 Å². The maximum Gasteiger partial charge on any atom is 0.253 e. The third-order valence-corrected chi connectivity index (χ3v) is 2.86. The monoisotopic (exact) mass is 230 g/mol. The zero-order valence-electron chi connectivity index (χ0n) is 10.4. The molecule has 3 nitrogen and oxygen atoms in total. The van der Waals surface area contributed by atoms with E-state index in [2.05, 4.69) is 18.3 Å². The average molecular weight is 230 g/mol. The Morgan fingerprint density at radius 3 is 2.94 bits per heavy atom. The summed E-state index contributed by atoms with van der Waals surface area (Å²) in [5, 5.41) is 2.93. The highest BCUT2D eigenvalue weighted by molar-refractivity contribution is 6.20. The van der Waals surface area contributed by atoms with Crippen molar-refractivity contribution in [2.75, 3.05) is 13.6 Å². The second-order valence-corrected chi connectivity index (χ2v) is 4.37. The van der Waals surface area contributed by atoms with Crippen LogP contribution in [0, 0.1) is 0 Å². The molecule has 1 heterocycles. The summed E-state index contributed by atoms with van der Waals surface area (Å²) in [5.41, 5.74) is 3.03. The topological polar surface area (TPSA) is 32.3 Å². The van der Waals surface area contributed by atoms with Gasteiger partial charge in [0.15, 0.2) is 0 Å². The molecule has 1 aliphatic heterocycles. The van der Waals surface area contributed by atoms with Crippen molar-refractivity contribution in [3.8, 4) is 0 Å². The van der Waals surface area contributed by atoms with E-state index in [0.717, 1.165) is 30.6 Å². The number of hydrogen-bond acceptors (Lipinski definition) is 2. The summed E-state index contributed by atoms with van der Waals surface area (Å²) in [6, 6.07) is 8.08. The molecule has 0 saturated heterocycles. The van der Waals surface area contributed by atoms with Gasteiger partial charge in [0.05, 0.1) is 5.57 Å². The lowest BCUT2D eigenvalue weighted by Gasteiger charge is -2.25. The number of carbonyl (C=O) groups excluding carboxylic acids is 1. The number of benzene rings is 1. The predicted octanol–water partition coefficient (Wildman–Crippen LogP) is 2.00. The molecule has 0 spiro atoms. The molecular weight excluding hydrogens is 212 g/mol. The standard InChI is InChI=1S/C14H18N2O/c1-3-8-15-14(17)13-10-16(2)9-11-6-4-5-7-12(11)13/h4-7,10H,3,8-9H2,1-2H3,(H,15,17). The summed E-state index contributed by atoms with van der Waals surface area (Å²) >= 11 is 0. The molecule has 2 rings (SSSR count). The summed E-state index contributed by atoms with van der Waals surface area (Å²) in [6.45, 7) is 3.64. The predicted molar refractivity (Wildman–Crippen MR) is 69.2 cm³/mol. The first kappa shape index (κ1) is 11.7. The van der Waals surface area contributed by atoms with Crippen molar-refractivity contribution in [1.82, 2.24) is 10.2 Å². The Hall–Kier alpha value is -1.77. The van der Waals surface area contributed by atoms with Crippen LogP contribution < -0.4 is 5.32 Å². The van der Waals surface area contributed by atoms with E-state index in [0.29, 0.717) is 0 Å². The van der Waals surface area contributed by atoms with Gasteiger partial charge in [0, 0.05) is 26.3 Å². The second kappa shape index (κ2) is 5.04. The van der Waals surface area contributed by atoms with Gasteiger partial charge in [0.1, 0.15) is 0 Å². The summed E-state index contributed by atoms with van der Waals surface area (Å²) < 4.78 is 0. The molecule has 0 aliphatic carbocycles.